The van der Waals surface area contributed by atoms with Crippen LogP contribution in [0.2, 0.25) is 0 Å². The number of thioether (sulfide) groups is 1. The van der Waals surface area contributed by atoms with E-state index in [1.165, 1.54) is 18.7 Å². The highest BCUT2D eigenvalue weighted by Crippen LogP contribution is 2.33. The number of fused-ring (bicyclic) bond motifs is 1. The number of rotatable bonds is 7. The van der Waals surface area contributed by atoms with E-state index >= 15 is 0 Å². The largest absolute Gasteiger partial charge is 0.486 e. The summed E-state index contributed by atoms with van der Waals surface area (Å²) in [6, 6.07) is 12.2. The van der Waals surface area contributed by atoms with Crippen LogP contribution in [-0.2, 0) is 14.4 Å². The predicted octanol–water partition coefficient (Wildman–Crippen LogP) is 3.55. The monoisotopic (exact) mass is 442 g/mol. The van der Waals surface area contributed by atoms with E-state index in [1.807, 2.05) is 0 Å². The van der Waals surface area contributed by atoms with Crippen molar-refractivity contribution in [2.75, 3.05) is 23.8 Å². The van der Waals surface area contributed by atoms with Crippen molar-refractivity contribution in [2.45, 2.75) is 24.0 Å². The molecular formula is C22H22N2O6S. The minimum atomic E-state index is -1.15. The summed E-state index contributed by atoms with van der Waals surface area (Å²) >= 11 is 1.37. The maximum absolute atomic E-state index is 12.5. The van der Waals surface area contributed by atoms with Crippen molar-refractivity contribution in [3.05, 3.63) is 54.1 Å². The first kappa shape index (κ1) is 22.2. The van der Waals surface area contributed by atoms with Crippen molar-refractivity contribution in [1.82, 2.24) is 0 Å². The first-order valence-corrected chi connectivity index (χ1v) is 10.4. The fraction of sp³-hybridized carbons (Fsp3) is 0.227. The Balaban J connectivity index is 1.54. The summed E-state index contributed by atoms with van der Waals surface area (Å²) in [5.41, 5.74) is 1.10. The molecule has 0 saturated carbocycles. The molecule has 1 atom stereocenters. The summed E-state index contributed by atoms with van der Waals surface area (Å²) in [6.07, 6.45) is 1.02. The number of carboxylic acids is 1. The van der Waals surface area contributed by atoms with Crippen molar-refractivity contribution in [2.24, 2.45) is 0 Å². The fourth-order valence-electron chi connectivity index (χ4n) is 2.68. The van der Waals surface area contributed by atoms with Gasteiger partial charge in [-0.15, -0.1) is 11.8 Å². The second kappa shape index (κ2) is 10.0. The van der Waals surface area contributed by atoms with Crippen LogP contribution in [0.5, 0.6) is 11.5 Å². The van der Waals surface area contributed by atoms with Crippen LogP contribution in [0.25, 0.3) is 0 Å². The molecule has 3 N–H and O–H groups in total. The Morgan fingerprint density at radius 1 is 1.00 bits per heavy atom. The lowest BCUT2D eigenvalue weighted by Crippen LogP contribution is -2.22. The molecule has 3 rings (SSSR count). The molecule has 1 aliphatic rings. The van der Waals surface area contributed by atoms with Gasteiger partial charge in [0, 0.05) is 34.0 Å². The van der Waals surface area contributed by atoms with Crippen LogP contribution in [0, 0.1) is 0 Å². The highest BCUT2D eigenvalue weighted by molar-refractivity contribution is 8.00. The van der Waals surface area contributed by atoms with Gasteiger partial charge in [0.15, 0.2) is 11.5 Å². The van der Waals surface area contributed by atoms with Crippen LogP contribution in [0.4, 0.5) is 11.4 Å². The summed E-state index contributed by atoms with van der Waals surface area (Å²) < 4.78 is 11.0. The lowest BCUT2D eigenvalue weighted by molar-refractivity contribution is -0.132. The maximum Gasteiger partial charge on any atom is 0.331 e. The second-order valence-electron chi connectivity index (χ2n) is 6.75. The number of anilines is 2. The quantitative estimate of drug-likeness (QED) is 0.444. The Bertz CT molecular complexity index is 1020. The normalized spacial score (nSPS) is 13.8. The number of benzene rings is 2. The van der Waals surface area contributed by atoms with Gasteiger partial charge in [0.2, 0.25) is 11.8 Å². The van der Waals surface area contributed by atoms with Gasteiger partial charge in [0.05, 0.1) is 5.25 Å². The van der Waals surface area contributed by atoms with Gasteiger partial charge in [0.1, 0.15) is 13.2 Å². The molecule has 2 aromatic rings. The molecule has 0 bridgehead atoms. The molecule has 31 heavy (non-hydrogen) atoms. The summed E-state index contributed by atoms with van der Waals surface area (Å²) in [5.74, 6) is -0.561. The molecule has 2 aromatic carbocycles. The van der Waals surface area contributed by atoms with E-state index in [0.717, 1.165) is 11.0 Å². The molecule has 1 aliphatic heterocycles. The zero-order valence-electron chi connectivity index (χ0n) is 17.0. The Morgan fingerprint density at radius 2 is 1.65 bits per heavy atom. The predicted molar refractivity (Wildman–Crippen MR) is 118 cm³/mol. The molecular weight excluding hydrogens is 420 g/mol. The van der Waals surface area contributed by atoms with Crippen molar-refractivity contribution in [1.29, 1.82) is 0 Å². The van der Waals surface area contributed by atoms with Crippen molar-refractivity contribution in [3.63, 3.8) is 0 Å². The SMILES string of the molecule is CC(=CC(=O)Nc1ccc(SC(C)C(=O)Nc2ccc3c(c2)OCCO3)cc1)C(=O)O. The summed E-state index contributed by atoms with van der Waals surface area (Å²) in [5, 5.41) is 13.9. The van der Waals surface area contributed by atoms with Crippen molar-refractivity contribution < 1.29 is 29.0 Å². The van der Waals surface area contributed by atoms with Crippen LogP contribution in [-0.4, -0.2) is 41.4 Å². The molecule has 9 heteroatoms. The Hall–Kier alpha value is -3.46. The first-order chi connectivity index (χ1) is 14.8. The number of nitrogens with one attached hydrogen (secondary N) is 2. The second-order valence-corrected chi connectivity index (χ2v) is 8.17. The smallest absolute Gasteiger partial charge is 0.331 e. The van der Waals surface area contributed by atoms with E-state index in [2.05, 4.69) is 10.6 Å². The third kappa shape index (κ3) is 6.26. The van der Waals surface area contributed by atoms with Crippen molar-refractivity contribution in [3.8, 4) is 11.5 Å². The molecule has 1 heterocycles. The van der Waals surface area contributed by atoms with Crippen LogP contribution in [0.1, 0.15) is 13.8 Å². The van der Waals surface area contributed by atoms with Gasteiger partial charge in [-0.1, -0.05) is 0 Å². The van der Waals surface area contributed by atoms with Crippen molar-refractivity contribution >= 4 is 40.9 Å². The molecule has 0 spiro atoms. The Morgan fingerprint density at radius 3 is 2.32 bits per heavy atom. The fourth-order valence-corrected chi connectivity index (χ4v) is 3.54. The molecule has 162 valence electrons. The van der Waals surface area contributed by atoms with Gasteiger partial charge in [-0.2, -0.15) is 0 Å². The lowest BCUT2D eigenvalue weighted by atomic mass is 10.2. The zero-order valence-corrected chi connectivity index (χ0v) is 17.8. The van der Waals surface area contributed by atoms with Crippen LogP contribution < -0.4 is 20.1 Å². The molecule has 8 nitrogen and oxygen atoms in total. The molecule has 2 amide bonds. The number of carbonyl (C=O) groups excluding carboxylic acids is 2. The third-order valence-electron chi connectivity index (χ3n) is 4.30. The number of ether oxygens (including phenoxy) is 2. The van der Waals surface area contributed by atoms with Crippen LogP contribution >= 0.6 is 11.8 Å². The number of hydrogen-bond acceptors (Lipinski definition) is 6. The van der Waals surface area contributed by atoms with E-state index in [4.69, 9.17) is 14.6 Å². The zero-order chi connectivity index (χ0) is 22.4. The van der Waals surface area contributed by atoms with Gasteiger partial charge in [-0.3, -0.25) is 9.59 Å². The molecule has 0 radical (unpaired) electrons. The number of carboxylic acid groups (broad SMARTS) is 1. The highest BCUT2D eigenvalue weighted by atomic mass is 32.2. The average molecular weight is 442 g/mol. The molecule has 0 aromatic heterocycles. The summed E-state index contributed by atoms with van der Waals surface area (Å²) in [6.45, 7) is 4.13. The van der Waals surface area contributed by atoms with E-state index in [9.17, 15) is 14.4 Å². The van der Waals surface area contributed by atoms with E-state index in [1.54, 1.807) is 49.4 Å². The molecule has 0 fully saturated rings. The lowest BCUT2D eigenvalue weighted by Gasteiger charge is -2.19. The average Bonchev–Trinajstić information content (AvgIpc) is 2.74. The molecule has 0 saturated heterocycles. The number of carbonyl (C=O) groups is 3. The van der Waals surface area contributed by atoms with E-state index in [-0.39, 0.29) is 16.7 Å². The third-order valence-corrected chi connectivity index (χ3v) is 5.41. The Kier molecular flexibility index (Phi) is 7.19. The highest BCUT2D eigenvalue weighted by Gasteiger charge is 2.17. The summed E-state index contributed by atoms with van der Waals surface area (Å²) in [4.78, 5) is 36.0. The van der Waals surface area contributed by atoms with E-state index in [0.29, 0.717) is 36.1 Å². The van der Waals surface area contributed by atoms with Crippen LogP contribution in [0.15, 0.2) is 59.0 Å². The number of hydrogen-bond donors (Lipinski definition) is 3. The first-order valence-electron chi connectivity index (χ1n) is 9.51. The number of amides is 2. The maximum atomic E-state index is 12.5. The van der Waals surface area contributed by atoms with Crippen LogP contribution in [0.3, 0.4) is 0 Å². The minimum Gasteiger partial charge on any atom is -0.486 e. The Labute approximate surface area is 183 Å². The topological polar surface area (TPSA) is 114 Å². The molecule has 0 aliphatic carbocycles. The van der Waals surface area contributed by atoms with Gasteiger partial charge in [-0.25, -0.2) is 4.79 Å². The van der Waals surface area contributed by atoms with Gasteiger partial charge >= 0.3 is 5.97 Å². The van der Waals surface area contributed by atoms with E-state index < -0.39 is 11.9 Å². The molecule has 1 unspecified atom stereocenters. The van der Waals surface area contributed by atoms with Gasteiger partial charge in [-0.05, 0) is 50.2 Å². The number of aliphatic carboxylic acids is 1. The van der Waals surface area contributed by atoms with Gasteiger partial charge in [0.25, 0.3) is 0 Å². The van der Waals surface area contributed by atoms with Gasteiger partial charge < -0.3 is 25.2 Å². The summed E-state index contributed by atoms with van der Waals surface area (Å²) in [7, 11) is 0. The standard InChI is InChI=1S/C22H22N2O6S/c1-13(22(27)28)11-20(25)23-15-3-6-17(7-4-15)31-14(2)21(26)24-16-5-8-18-19(12-16)30-10-9-29-18/h3-8,11-12,14H,9-10H2,1-2H3,(H,23,25)(H,24,26)(H,27,28). The minimum absolute atomic E-state index is 0.0532.